The number of hydrogen-bond donors (Lipinski definition) is 3. The molecule has 3 aromatic rings. The highest BCUT2D eigenvalue weighted by Crippen LogP contribution is 2.24. The lowest BCUT2D eigenvalue weighted by Gasteiger charge is -2.27. The van der Waals surface area contributed by atoms with Gasteiger partial charge in [-0.1, -0.05) is 30.3 Å². The second-order valence-electron chi connectivity index (χ2n) is 7.53. The van der Waals surface area contributed by atoms with Crippen LogP contribution in [0.5, 0.6) is 5.75 Å². The third-order valence-corrected chi connectivity index (χ3v) is 6.40. The van der Waals surface area contributed by atoms with Crippen LogP contribution in [-0.2, 0) is 0 Å². The molecule has 2 unspecified atom stereocenters. The fourth-order valence-corrected chi connectivity index (χ4v) is 4.90. The Morgan fingerprint density at radius 2 is 2.10 bits per heavy atom. The molecule has 0 radical (unpaired) electrons. The third kappa shape index (κ3) is 4.04. The van der Waals surface area contributed by atoms with E-state index in [4.69, 9.17) is 9.72 Å². The lowest BCUT2D eigenvalue weighted by atomic mass is 9.93. The van der Waals surface area contributed by atoms with E-state index in [0.29, 0.717) is 0 Å². The first-order chi connectivity index (χ1) is 14.2. The van der Waals surface area contributed by atoms with Crippen molar-refractivity contribution >= 4 is 28.6 Å². The van der Waals surface area contributed by atoms with E-state index in [2.05, 4.69) is 32.7 Å². The summed E-state index contributed by atoms with van der Waals surface area (Å²) in [7, 11) is 0. The van der Waals surface area contributed by atoms with Crippen molar-refractivity contribution in [3.8, 4) is 16.9 Å². The van der Waals surface area contributed by atoms with E-state index in [-0.39, 0.29) is 18.2 Å². The number of aliphatic hydroxyl groups excluding tert-OH is 1. The fourth-order valence-electron chi connectivity index (χ4n) is 3.88. The van der Waals surface area contributed by atoms with Crippen LogP contribution < -0.4 is 19.9 Å². The number of hydrogen-bond acceptors (Lipinski definition) is 7. The average molecular weight is 410 g/mol. The summed E-state index contributed by atoms with van der Waals surface area (Å²) in [6.45, 7) is 0. The van der Waals surface area contributed by atoms with Crippen molar-refractivity contribution in [1.82, 2.24) is 20.2 Å². The lowest BCUT2D eigenvalue weighted by Crippen LogP contribution is -2.36. The standard InChI is InChI=1S/C21H23N5O2S/c27-19-4-2-1-3-17(19)25-21-26-18-6-5-15(8-20(18)29-21)28-16-7-13(9-22-12-16)14-10-23-24-11-14/h6-12,15,17,19,27H,1-5H2,(H,23,24)(H,25,26)/t15?,17?,19-/m1/s1. The molecule has 2 aliphatic rings. The van der Waals surface area contributed by atoms with Crippen LogP contribution in [0.3, 0.4) is 0 Å². The molecule has 3 heterocycles. The zero-order chi connectivity index (χ0) is 19.6. The van der Waals surface area contributed by atoms with Crippen molar-refractivity contribution in [2.45, 2.75) is 50.4 Å². The molecule has 0 spiro atoms. The maximum absolute atomic E-state index is 10.2. The number of ether oxygens (including phenoxy) is 1. The number of thiazole rings is 1. The maximum Gasteiger partial charge on any atom is 0.184 e. The normalized spacial score (nSPS) is 23.6. The number of nitrogens with one attached hydrogen (secondary N) is 2. The number of anilines is 1. The zero-order valence-electron chi connectivity index (χ0n) is 15.9. The second-order valence-corrected chi connectivity index (χ2v) is 8.56. The highest BCUT2D eigenvalue weighted by molar-refractivity contribution is 7.13. The van der Waals surface area contributed by atoms with Gasteiger partial charge in [-0.05, 0) is 25.0 Å². The summed E-state index contributed by atoms with van der Waals surface area (Å²) >= 11 is 1.62. The molecular weight excluding hydrogens is 386 g/mol. The van der Waals surface area contributed by atoms with Crippen molar-refractivity contribution in [2.24, 2.45) is 0 Å². The zero-order valence-corrected chi connectivity index (χ0v) is 16.7. The van der Waals surface area contributed by atoms with E-state index >= 15 is 0 Å². The molecule has 3 aromatic heterocycles. The van der Waals surface area contributed by atoms with Crippen LogP contribution >= 0.6 is 11.3 Å². The number of H-pyrrole nitrogens is 1. The summed E-state index contributed by atoms with van der Waals surface area (Å²) in [6.07, 6.45) is 15.9. The van der Waals surface area contributed by atoms with Gasteiger partial charge < -0.3 is 15.2 Å². The van der Waals surface area contributed by atoms with Crippen LogP contribution in [0.25, 0.3) is 23.3 Å². The van der Waals surface area contributed by atoms with Gasteiger partial charge >= 0.3 is 0 Å². The Labute approximate surface area is 172 Å². The van der Waals surface area contributed by atoms with Crippen molar-refractivity contribution in [2.75, 3.05) is 5.32 Å². The Morgan fingerprint density at radius 1 is 1.17 bits per heavy atom. The summed E-state index contributed by atoms with van der Waals surface area (Å²) in [5.41, 5.74) is 1.94. The van der Waals surface area contributed by atoms with Gasteiger partial charge in [-0.25, -0.2) is 4.98 Å². The molecule has 3 N–H and O–H groups in total. The molecule has 150 valence electrons. The van der Waals surface area contributed by atoms with Gasteiger partial charge in [0.05, 0.1) is 34.4 Å². The first-order valence-corrected chi connectivity index (χ1v) is 10.8. The van der Waals surface area contributed by atoms with Crippen LogP contribution in [0.1, 0.15) is 32.1 Å². The monoisotopic (exact) mass is 409 g/mol. The number of aliphatic hydroxyl groups is 1. The van der Waals surface area contributed by atoms with E-state index in [1.54, 1.807) is 29.9 Å². The Kier molecular flexibility index (Phi) is 5.03. The minimum atomic E-state index is -0.288. The minimum absolute atomic E-state index is 0.0579. The highest BCUT2D eigenvalue weighted by atomic mass is 32.1. The van der Waals surface area contributed by atoms with Gasteiger partial charge in [0.2, 0.25) is 0 Å². The quantitative estimate of drug-likeness (QED) is 0.597. The predicted octanol–water partition coefficient (Wildman–Crippen LogP) is 2.06. The summed E-state index contributed by atoms with van der Waals surface area (Å²) in [5, 5.41) is 22.3. The van der Waals surface area contributed by atoms with Gasteiger partial charge in [-0.2, -0.15) is 5.10 Å². The molecule has 5 rings (SSSR count). The summed E-state index contributed by atoms with van der Waals surface area (Å²) in [4.78, 5) is 8.99. The molecule has 29 heavy (non-hydrogen) atoms. The fraction of sp³-hybridized carbons (Fsp3) is 0.381. The number of fused-ring (bicyclic) bond motifs is 1. The van der Waals surface area contributed by atoms with E-state index < -0.39 is 0 Å². The van der Waals surface area contributed by atoms with Crippen molar-refractivity contribution in [3.63, 3.8) is 0 Å². The number of aromatic amines is 1. The first-order valence-electron chi connectivity index (χ1n) is 9.99. The lowest BCUT2D eigenvalue weighted by molar-refractivity contribution is 0.116. The van der Waals surface area contributed by atoms with E-state index in [1.807, 2.05) is 12.3 Å². The molecule has 0 aliphatic heterocycles. The minimum Gasteiger partial charge on any atom is -0.484 e. The Hall–Kier alpha value is -2.71. The largest absolute Gasteiger partial charge is 0.484 e. The van der Waals surface area contributed by atoms with E-state index in [1.165, 1.54) is 0 Å². The first kappa shape index (κ1) is 18.3. The molecule has 0 saturated heterocycles. The van der Waals surface area contributed by atoms with Gasteiger partial charge in [0, 0.05) is 29.9 Å². The molecule has 0 aromatic carbocycles. The van der Waals surface area contributed by atoms with Crippen molar-refractivity contribution in [3.05, 3.63) is 40.7 Å². The molecule has 8 heteroatoms. The summed E-state index contributed by atoms with van der Waals surface area (Å²) < 4.78 is 7.27. The van der Waals surface area contributed by atoms with Gasteiger partial charge in [0.25, 0.3) is 0 Å². The third-order valence-electron chi connectivity index (χ3n) is 5.43. The smallest absolute Gasteiger partial charge is 0.184 e. The maximum atomic E-state index is 10.2. The van der Waals surface area contributed by atoms with Crippen LogP contribution in [0, 0.1) is 0 Å². The van der Waals surface area contributed by atoms with E-state index in [0.717, 1.165) is 64.0 Å². The molecule has 2 aliphatic carbocycles. The summed E-state index contributed by atoms with van der Waals surface area (Å²) in [6, 6.07) is 2.07. The van der Waals surface area contributed by atoms with Gasteiger partial charge in [0.1, 0.15) is 11.9 Å². The van der Waals surface area contributed by atoms with E-state index in [9.17, 15) is 5.11 Å². The van der Waals surface area contributed by atoms with Crippen LogP contribution in [-0.4, -0.2) is 43.5 Å². The number of nitrogens with zero attached hydrogens (tertiary/aromatic N) is 3. The Morgan fingerprint density at radius 3 is 2.97 bits per heavy atom. The van der Waals surface area contributed by atoms with Gasteiger partial charge in [-0.15, -0.1) is 0 Å². The molecule has 0 bridgehead atoms. The van der Waals surface area contributed by atoms with Crippen LogP contribution in [0.2, 0.25) is 0 Å². The number of rotatable bonds is 5. The molecule has 1 fully saturated rings. The SMILES string of the molecule is O[C@@H]1CCCCC1Nc1nc2c(s1)=CC(Oc1cncc(-c3cn[nH]c3)c1)CC=2. The summed E-state index contributed by atoms with van der Waals surface area (Å²) in [5.74, 6) is 0.731. The average Bonchev–Trinajstić information content (AvgIpc) is 3.39. The number of aromatic nitrogens is 4. The van der Waals surface area contributed by atoms with Gasteiger partial charge in [0.15, 0.2) is 5.13 Å². The van der Waals surface area contributed by atoms with Crippen LogP contribution in [0.4, 0.5) is 5.13 Å². The van der Waals surface area contributed by atoms with Gasteiger partial charge in [-0.3, -0.25) is 10.1 Å². The molecule has 7 nitrogen and oxygen atoms in total. The molecule has 0 amide bonds. The van der Waals surface area contributed by atoms with Crippen LogP contribution in [0.15, 0.2) is 30.9 Å². The predicted molar refractivity (Wildman–Crippen MR) is 113 cm³/mol. The Balaban J connectivity index is 1.31. The van der Waals surface area contributed by atoms with Crippen molar-refractivity contribution in [1.29, 1.82) is 0 Å². The molecular formula is C21H23N5O2S. The highest BCUT2D eigenvalue weighted by Gasteiger charge is 2.24. The second kappa shape index (κ2) is 7.96. The van der Waals surface area contributed by atoms with Crippen molar-refractivity contribution < 1.29 is 9.84 Å². The molecule has 3 atom stereocenters. The topological polar surface area (TPSA) is 95.9 Å². The molecule has 1 saturated carbocycles. The Bertz CT molecular complexity index is 1090. The number of pyridine rings is 1.